The molecule has 0 amide bonds. The number of aromatic nitrogens is 1. The summed E-state index contributed by atoms with van der Waals surface area (Å²) in [7, 11) is -3.45. The first-order chi connectivity index (χ1) is 8.58. The van der Waals surface area contributed by atoms with Crippen molar-refractivity contribution in [3.63, 3.8) is 0 Å². The highest BCUT2D eigenvalue weighted by atomic mass is 32.2. The van der Waals surface area contributed by atoms with Crippen LogP contribution in [0.1, 0.15) is 11.1 Å². The molecule has 0 unspecified atom stereocenters. The molecule has 1 aromatic carbocycles. The van der Waals surface area contributed by atoms with Crippen molar-refractivity contribution in [2.24, 2.45) is 0 Å². The molecule has 94 valence electrons. The summed E-state index contributed by atoms with van der Waals surface area (Å²) in [6.07, 6.45) is 3.29. The first kappa shape index (κ1) is 12.7. The molecule has 0 radical (unpaired) electrons. The van der Waals surface area contributed by atoms with Gasteiger partial charge in [-0.05, 0) is 30.7 Å². The van der Waals surface area contributed by atoms with Crippen molar-refractivity contribution >= 4 is 10.0 Å². The highest BCUT2D eigenvalue weighted by molar-refractivity contribution is 7.89. The molecule has 0 saturated heterocycles. The van der Waals surface area contributed by atoms with E-state index in [2.05, 4.69) is 9.71 Å². The van der Waals surface area contributed by atoms with Crippen LogP contribution in [0.15, 0.2) is 53.7 Å². The van der Waals surface area contributed by atoms with Gasteiger partial charge >= 0.3 is 0 Å². The number of pyridine rings is 1. The molecule has 5 heteroatoms. The van der Waals surface area contributed by atoms with Crippen LogP contribution >= 0.6 is 0 Å². The van der Waals surface area contributed by atoms with Crippen molar-refractivity contribution in [1.29, 1.82) is 0 Å². The zero-order valence-electron chi connectivity index (χ0n) is 10.00. The third kappa shape index (κ3) is 3.15. The lowest BCUT2D eigenvalue weighted by Crippen LogP contribution is -2.23. The Morgan fingerprint density at radius 3 is 2.50 bits per heavy atom. The maximum Gasteiger partial charge on any atom is 0.240 e. The van der Waals surface area contributed by atoms with Gasteiger partial charge in [0.25, 0.3) is 0 Å². The third-order valence-corrected chi connectivity index (χ3v) is 3.94. The maximum atomic E-state index is 12.0. The number of nitrogens with one attached hydrogen (secondary N) is 1. The second kappa shape index (κ2) is 5.29. The van der Waals surface area contributed by atoms with Crippen LogP contribution in [-0.4, -0.2) is 13.4 Å². The van der Waals surface area contributed by atoms with Crippen molar-refractivity contribution in [1.82, 2.24) is 9.71 Å². The molecule has 0 atom stereocenters. The second-order valence-corrected chi connectivity index (χ2v) is 5.77. The van der Waals surface area contributed by atoms with Gasteiger partial charge in [0, 0.05) is 18.9 Å². The highest BCUT2D eigenvalue weighted by Gasteiger charge is 2.12. The fourth-order valence-corrected chi connectivity index (χ4v) is 2.50. The molecule has 2 aromatic rings. The van der Waals surface area contributed by atoms with Crippen molar-refractivity contribution in [3.05, 3.63) is 59.9 Å². The van der Waals surface area contributed by atoms with Gasteiger partial charge < -0.3 is 0 Å². The van der Waals surface area contributed by atoms with Gasteiger partial charge in [0.05, 0.1) is 4.90 Å². The van der Waals surface area contributed by atoms with Crippen LogP contribution in [0, 0.1) is 6.92 Å². The van der Waals surface area contributed by atoms with Crippen LogP contribution < -0.4 is 4.72 Å². The summed E-state index contributed by atoms with van der Waals surface area (Å²) in [6, 6.07) is 10.3. The molecular formula is C13H14N2O2S. The van der Waals surface area contributed by atoms with E-state index in [1.54, 1.807) is 42.7 Å². The lowest BCUT2D eigenvalue weighted by atomic mass is 10.2. The second-order valence-electron chi connectivity index (χ2n) is 4.00. The number of aryl methyl sites for hydroxylation is 1. The van der Waals surface area contributed by atoms with E-state index in [1.807, 2.05) is 13.0 Å². The molecule has 0 aliphatic rings. The minimum absolute atomic E-state index is 0.240. The molecule has 1 heterocycles. The van der Waals surface area contributed by atoms with Gasteiger partial charge in [0.2, 0.25) is 10.0 Å². The predicted molar refractivity (Wildman–Crippen MR) is 69.4 cm³/mol. The maximum absolute atomic E-state index is 12.0. The fraction of sp³-hybridized carbons (Fsp3) is 0.154. The number of sulfonamides is 1. The number of hydrogen-bond donors (Lipinski definition) is 1. The number of benzene rings is 1. The monoisotopic (exact) mass is 262 g/mol. The van der Waals surface area contributed by atoms with E-state index < -0.39 is 10.0 Å². The highest BCUT2D eigenvalue weighted by Crippen LogP contribution is 2.10. The molecule has 0 aliphatic carbocycles. The summed E-state index contributed by atoms with van der Waals surface area (Å²) >= 11 is 0. The molecule has 1 N–H and O–H groups in total. The topological polar surface area (TPSA) is 59.1 Å². The van der Waals surface area contributed by atoms with E-state index in [1.165, 1.54) is 0 Å². The van der Waals surface area contributed by atoms with E-state index in [4.69, 9.17) is 0 Å². The smallest absolute Gasteiger partial charge is 0.240 e. The first-order valence-corrected chi connectivity index (χ1v) is 7.01. The number of nitrogens with zero attached hydrogens (tertiary/aromatic N) is 1. The minimum Gasteiger partial charge on any atom is -0.264 e. The van der Waals surface area contributed by atoms with Gasteiger partial charge in [-0.15, -0.1) is 0 Å². The molecule has 18 heavy (non-hydrogen) atoms. The van der Waals surface area contributed by atoms with Crippen LogP contribution in [0.5, 0.6) is 0 Å². The number of hydrogen-bond acceptors (Lipinski definition) is 3. The van der Waals surface area contributed by atoms with E-state index >= 15 is 0 Å². The van der Waals surface area contributed by atoms with E-state index in [9.17, 15) is 8.42 Å². The molecule has 0 bridgehead atoms. The van der Waals surface area contributed by atoms with Crippen molar-refractivity contribution < 1.29 is 8.42 Å². The Balaban J connectivity index is 2.11. The van der Waals surface area contributed by atoms with E-state index in [0.29, 0.717) is 0 Å². The Labute approximate surface area is 107 Å². The zero-order chi connectivity index (χ0) is 13.0. The molecule has 0 spiro atoms. The molecular weight excluding hydrogens is 248 g/mol. The molecule has 2 rings (SSSR count). The zero-order valence-corrected chi connectivity index (χ0v) is 10.8. The minimum atomic E-state index is -3.45. The van der Waals surface area contributed by atoms with Gasteiger partial charge in [-0.25, -0.2) is 13.1 Å². The molecule has 0 fully saturated rings. The lowest BCUT2D eigenvalue weighted by molar-refractivity contribution is 0.581. The fourth-order valence-electron chi connectivity index (χ4n) is 1.48. The Hall–Kier alpha value is -1.72. The van der Waals surface area contributed by atoms with E-state index in [-0.39, 0.29) is 11.4 Å². The largest absolute Gasteiger partial charge is 0.264 e. The molecule has 4 nitrogen and oxygen atoms in total. The summed E-state index contributed by atoms with van der Waals surface area (Å²) in [4.78, 5) is 4.21. The molecule has 0 saturated carbocycles. The van der Waals surface area contributed by atoms with Gasteiger partial charge in [-0.2, -0.15) is 0 Å². The van der Waals surface area contributed by atoms with Crippen molar-refractivity contribution in [3.8, 4) is 0 Å². The van der Waals surface area contributed by atoms with Crippen molar-refractivity contribution in [2.75, 3.05) is 0 Å². The summed E-state index contributed by atoms with van der Waals surface area (Å²) in [6.45, 7) is 2.16. The van der Waals surface area contributed by atoms with Crippen LogP contribution in [-0.2, 0) is 16.6 Å². The average Bonchev–Trinajstić information content (AvgIpc) is 2.38. The Kier molecular flexibility index (Phi) is 3.74. The van der Waals surface area contributed by atoms with Gasteiger partial charge in [-0.1, -0.05) is 23.8 Å². The molecule has 1 aromatic heterocycles. The van der Waals surface area contributed by atoms with Crippen LogP contribution in [0.3, 0.4) is 0 Å². The molecule has 0 aliphatic heterocycles. The van der Waals surface area contributed by atoms with Gasteiger partial charge in [0.1, 0.15) is 0 Å². The van der Waals surface area contributed by atoms with Crippen molar-refractivity contribution in [2.45, 2.75) is 18.4 Å². The summed E-state index contributed by atoms with van der Waals surface area (Å²) in [5.41, 5.74) is 1.86. The SMILES string of the molecule is Cc1ccc(S(=O)(=O)NCc2cccnc2)cc1. The first-order valence-electron chi connectivity index (χ1n) is 5.53. The average molecular weight is 262 g/mol. The summed E-state index contributed by atoms with van der Waals surface area (Å²) in [5, 5.41) is 0. The van der Waals surface area contributed by atoms with Gasteiger partial charge in [0.15, 0.2) is 0 Å². The van der Waals surface area contributed by atoms with Crippen LogP contribution in [0.25, 0.3) is 0 Å². The third-order valence-electron chi connectivity index (χ3n) is 2.52. The van der Waals surface area contributed by atoms with Crippen LogP contribution in [0.4, 0.5) is 0 Å². The van der Waals surface area contributed by atoms with E-state index in [0.717, 1.165) is 11.1 Å². The summed E-state index contributed by atoms with van der Waals surface area (Å²) < 4.78 is 26.5. The van der Waals surface area contributed by atoms with Gasteiger partial charge in [-0.3, -0.25) is 4.98 Å². The lowest BCUT2D eigenvalue weighted by Gasteiger charge is -2.06. The Bertz CT molecular complexity index is 607. The quantitative estimate of drug-likeness (QED) is 0.915. The Morgan fingerprint density at radius 1 is 1.17 bits per heavy atom. The van der Waals surface area contributed by atoms with Crippen LogP contribution in [0.2, 0.25) is 0 Å². The standard InChI is InChI=1S/C13H14N2O2S/c1-11-4-6-13(7-5-11)18(16,17)15-10-12-3-2-8-14-9-12/h2-9,15H,10H2,1H3. The number of rotatable bonds is 4. The summed E-state index contributed by atoms with van der Waals surface area (Å²) in [5.74, 6) is 0. The Morgan fingerprint density at radius 2 is 1.89 bits per heavy atom. The predicted octanol–water partition coefficient (Wildman–Crippen LogP) is 1.87. The normalized spacial score (nSPS) is 11.4.